The Morgan fingerprint density at radius 1 is 1.21 bits per heavy atom. The lowest BCUT2D eigenvalue weighted by atomic mass is 10.1. The van der Waals surface area contributed by atoms with Gasteiger partial charge in [0.25, 0.3) is 0 Å². The zero-order valence-electron chi connectivity index (χ0n) is 13.6. The molecule has 0 radical (unpaired) electrons. The molecule has 0 aliphatic rings. The molecule has 0 saturated carbocycles. The Morgan fingerprint density at radius 2 is 2.04 bits per heavy atom. The number of hydrogen-bond acceptors (Lipinski definition) is 6. The van der Waals surface area contributed by atoms with Gasteiger partial charge in [0, 0.05) is 29.6 Å². The molecule has 2 heterocycles. The molecule has 6 nitrogen and oxygen atoms in total. The van der Waals surface area contributed by atoms with E-state index in [1.807, 2.05) is 12.1 Å². The first kappa shape index (κ1) is 16.8. The number of rotatable bonds is 8. The maximum atomic E-state index is 9.71. The smallest absolute Gasteiger partial charge is 0.204 e. The van der Waals surface area contributed by atoms with Gasteiger partial charge in [-0.05, 0) is 28.6 Å². The lowest BCUT2D eigenvalue weighted by Gasteiger charge is -2.29. The molecule has 126 valence electrons. The van der Waals surface area contributed by atoms with E-state index in [1.54, 1.807) is 11.3 Å². The van der Waals surface area contributed by atoms with Gasteiger partial charge < -0.3 is 5.11 Å². The molecular formula is C17H21N5OS. The van der Waals surface area contributed by atoms with Crippen molar-refractivity contribution in [2.24, 2.45) is 0 Å². The van der Waals surface area contributed by atoms with E-state index in [2.05, 4.69) is 62.1 Å². The summed E-state index contributed by atoms with van der Waals surface area (Å²) in [6, 6.07) is 12.5. The minimum absolute atomic E-state index is 0.156. The number of thiophene rings is 1. The predicted octanol–water partition coefficient (Wildman–Crippen LogP) is 2.70. The lowest BCUT2D eigenvalue weighted by molar-refractivity contribution is 0.107. The molecule has 0 spiro atoms. The van der Waals surface area contributed by atoms with E-state index < -0.39 is 0 Å². The number of hydrogen-bond donors (Lipinski definition) is 2. The van der Waals surface area contributed by atoms with Crippen LogP contribution >= 0.6 is 11.3 Å². The Morgan fingerprint density at radius 3 is 2.62 bits per heavy atom. The molecule has 7 heteroatoms. The van der Waals surface area contributed by atoms with E-state index in [9.17, 15) is 5.11 Å². The van der Waals surface area contributed by atoms with Gasteiger partial charge in [-0.25, -0.2) is 0 Å². The third-order valence-electron chi connectivity index (χ3n) is 4.08. The summed E-state index contributed by atoms with van der Waals surface area (Å²) in [6.07, 6.45) is 0.919. The molecule has 2 aromatic heterocycles. The van der Waals surface area contributed by atoms with E-state index in [0.717, 1.165) is 25.1 Å². The zero-order valence-corrected chi connectivity index (χ0v) is 14.4. The summed E-state index contributed by atoms with van der Waals surface area (Å²) in [7, 11) is 0. The zero-order chi connectivity index (χ0) is 16.8. The third kappa shape index (κ3) is 4.05. The van der Waals surface area contributed by atoms with Crippen LogP contribution in [-0.2, 0) is 13.1 Å². The Bertz CT molecular complexity index is 708. The van der Waals surface area contributed by atoms with Crippen molar-refractivity contribution in [2.45, 2.75) is 32.5 Å². The molecule has 0 fully saturated rings. The van der Waals surface area contributed by atoms with Crippen LogP contribution in [0, 0.1) is 0 Å². The average Bonchev–Trinajstić information content (AvgIpc) is 3.30. The van der Waals surface area contributed by atoms with Gasteiger partial charge in [0.1, 0.15) is 0 Å². The second-order valence-electron chi connectivity index (χ2n) is 5.66. The van der Waals surface area contributed by atoms with Gasteiger partial charge in [0.05, 0.1) is 6.61 Å². The highest BCUT2D eigenvalue weighted by molar-refractivity contribution is 7.09. The number of aromatic amines is 1. The van der Waals surface area contributed by atoms with Gasteiger partial charge in [0.2, 0.25) is 5.82 Å². The van der Waals surface area contributed by atoms with E-state index in [-0.39, 0.29) is 12.6 Å². The normalized spacial score (nSPS) is 12.6. The van der Waals surface area contributed by atoms with Crippen molar-refractivity contribution in [2.75, 3.05) is 6.61 Å². The molecular weight excluding hydrogens is 322 g/mol. The number of nitrogens with zero attached hydrogens (tertiary/aromatic N) is 4. The highest BCUT2D eigenvalue weighted by atomic mass is 32.1. The Labute approximate surface area is 145 Å². The maximum Gasteiger partial charge on any atom is 0.204 e. The van der Waals surface area contributed by atoms with Crippen molar-refractivity contribution >= 4 is 11.3 Å². The number of aliphatic hydroxyl groups excluding tert-OH is 1. The molecule has 2 N–H and O–H groups in total. The fraction of sp³-hybridized carbons (Fsp3) is 0.353. The van der Waals surface area contributed by atoms with Crippen molar-refractivity contribution in [3.8, 4) is 11.4 Å². The summed E-state index contributed by atoms with van der Waals surface area (Å²) in [6.45, 7) is 3.93. The Hall–Kier alpha value is -2.09. The van der Waals surface area contributed by atoms with Crippen LogP contribution in [0.5, 0.6) is 0 Å². The van der Waals surface area contributed by atoms with Crippen LogP contribution in [0.4, 0.5) is 0 Å². The van der Waals surface area contributed by atoms with Crippen LogP contribution in [-0.4, -0.2) is 43.3 Å². The first-order valence-electron chi connectivity index (χ1n) is 8.00. The van der Waals surface area contributed by atoms with Crippen molar-refractivity contribution in [3.05, 3.63) is 52.2 Å². The maximum absolute atomic E-state index is 9.71. The van der Waals surface area contributed by atoms with E-state index >= 15 is 0 Å². The van der Waals surface area contributed by atoms with Gasteiger partial charge in [-0.3, -0.25) is 4.90 Å². The SMILES string of the molecule is CC[C@H](CO)N(Cc1ccc(-c2nn[nH]n2)cc1)Cc1cccs1. The van der Waals surface area contributed by atoms with Crippen molar-refractivity contribution in [1.29, 1.82) is 0 Å². The predicted molar refractivity (Wildman–Crippen MR) is 94.3 cm³/mol. The van der Waals surface area contributed by atoms with Crippen LogP contribution in [0.25, 0.3) is 11.4 Å². The number of H-pyrrole nitrogens is 1. The number of tetrazole rings is 1. The molecule has 0 aliphatic heterocycles. The number of benzene rings is 1. The van der Waals surface area contributed by atoms with Gasteiger partial charge in [-0.1, -0.05) is 37.3 Å². The Balaban J connectivity index is 1.73. The summed E-state index contributed by atoms with van der Waals surface area (Å²) in [5, 5.41) is 25.8. The minimum atomic E-state index is 0.156. The van der Waals surface area contributed by atoms with Crippen LogP contribution in [0.1, 0.15) is 23.8 Å². The van der Waals surface area contributed by atoms with Crippen LogP contribution in [0.2, 0.25) is 0 Å². The molecule has 0 bridgehead atoms. The molecule has 3 rings (SSSR count). The molecule has 0 aliphatic carbocycles. The summed E-state index contributed by atoms with van der Waals surface area (Å²) < 4.78 is 0. The van der Waals surface area contributed by atoms with E-state index in [4.69, 9.17) is 0 Å². The standard InChI is InChI=1S/C17H21N5OS/c1-2-15(12-23)22(11-16-4-3-9-24-16)10-13-5-7-14(8-6-13)17-18-20-21-19-17/h3-9,15,23H,2,10-12H2,1H3,(H,18,19,20,21)/t15-/m1/s1. The number of aliphatic hydroxyl groups is 1. The summed E-state index contributed by atoms with van der Waals surface area (Å²) in [4.78, 5) is 3.64. The topological polar surface area (TPSA) is 77.9 Å². The molecule has 1 atom stereocenters. The quantitative estimate of drug-likeness (QED) is 0.657. The summed E-state index contributed by atoms with van der Waals surface area (Å²) in [5.74, 6) is 0.596. The van der Waals surface area contributed by atoms with Crippen molar-refractivity contribution < 1.29 is 5.11 Å². The highest BCUT2D eigenvalue weighted by Crippen LogP contribution is 2.20. The molecule has 24 heavy (non-hydrogen) atoms. The molecule has 0 saturated heterocycles. The van der Waals surface area contributed by atoms with E-state index in [1.165, 1.54) is 10.4 Å². The van der Waals surface area contributed by atoms with Crippen LogP contribution in [0.3, 0.4) is 0 Å². The van der Waals surface area contributed by atoms with Crippen molar-refractivity contribution in [1.82, 2.24) is 25.5 Å². The summed E-state index contributed by atoms with van der Waals surface area (Å²) in [5.41, 5.74) is 2.14. The average molecular weight is 343 g/mol. The fourth-order valence-corrected chi connectivity index (χ4v) is 3.43. The number of nitrogens with one attached hydrogen (secondary N) is 1. The van der Waals surface area contributed by atoms with Gasteiger partial charge >= 0.3 is 0 Å². The second kappa shape index (κ2) is 8.14. The monoisotopic (exact) mass is 343 g/mol. The molecule has 0 amide bonds. The molecule has 3 aromatic rings. The van der Waals surface area contributed by atoms with Gasteiger partial charge in [-0.2, -0.15) is 5.21 Å². The Kier molecular flexibility index (Phi) is 5.68. The highest BCUT2D eigenvalue weighted by Gasteiger charge is 2.17. The first-order chi connectivity index (χ1) is 11.8. The lowest BCUT2D eigenvalue weighted by Crippen LogP contribution is -2.36. The van der Waals surface area contributed by atoms with Gasteiger partial charge in [-0.15, -0.1) is 21.5 Å². The molecule has 1 aromatic carbocycles. The third-order valence-corrected chi connectivity index (χ3v) is 4.94. The van der Waals surface area contributed by atoms with Crippen LogP contribution in [0.15, 0.2) is 41.8 Å². The summed E-state index contributed by atoms with van der Waals surface area (Å²) >= 11 is 1.75. The first-order valence-corrected chi connectivity index (χ1v) is 8.88. The van der Waals surface area contributed by atoms with Crippen LogP contribution < -0.4 is 0 Å². The van der Waals surface area contributed by atoms with Gasteiger partial charge in [0.15, 0.2) is 0 Å². The fourth-order valence-electron chi connectivity index (χ4n) is 2.70. The largest absolute Gasteiger partial charge is 0.395 e. The van der Waals surface area contributed by atoms with E-state index in [0.29, 0.717) is 5.82 Å². The second-order valence-corrected chi connectivity index (χ2v) is 6.69. The number of aromatic nitrogens is 4. The minimum Gasteiger partial charge on any atom is -0.395 e. The van der Waals surface area contributed by atoms with Crippen molar-refractivity contribution in [3.63, 3.8) is 0 Å². The molecule has 0 unspecified atom stereocenters.